The molecule has 29 heavy (non-hydrogen) atoms. The zero-order valence-corrected chi connectivity index (χ0v) is 16.1. The van der Waals surface area contributed by atoms with Gasteiger partial charge in [0.15, 0.2) is 0 Å². The minimum atomic E-state index is -4.40. The van der Waals surface area contributed by atoms with Gasteiger partial charge in [-0.05, 0) is 42.4 Å². The minimum absolute atomic E-state index is 0.102. The molecule has 0 unspecified atom stereocenters. The Hall–Kier alpha value is -2.63. The van der Waals surface area contributed by atoms with E-state index in [2.05, 4.69) is 34.4 Å². The molecular formula is C23H23F3N2O. The van der Waals surface area contributed by atoms with Crippen molar-refractivity contribution in [2.75, 3.05) is 0 Å². The molecule has 4 rings (SSSR count). The summed E-state index contributed by atoms with van der Waals surface area (Å²) >= 11 is 0. The van der Waals surface area contributed by atoms with Gasteiger partial charge < -0.3 is 4.52 Å². The lowest BCUT2D eigenvalue weighted by molar-refractivity contribution is -0.137. The van der Waals surface area contributed by atoms with Crippen LogP contribution >= 0.6 is 0 Å². The smallest absolute Gasteiger partial charge is 0.339 e. The number of alkyl halides is 3. The molecule has 0 saturated heterocycles. The minimum Gasteiger partial charge on any atom is -0.339 e. The lowest BCUT2D eigenvalue weighted by Gasteiger charge is -2.38. The third kappa shape index (κ3) is 4.36. The SMILES string of the molecule is FC(F)(F)c1cccc(-c2noc(CCC3(c4ccccc4)CCCCC3)n2)c1. The number of halogens is 3. The molecule has 1 saturated carbocycles. The summed E-state index contributed by atoms with van der Waals surface area (Å²) in [5.41, 5.74) is 1.04. The van der Waals surface area contributed by atoms with Gasteiger partial charge in [-0.1, -0.05) is 66.9 Å². The van der Waals surface area contributed by atoms with Gasteiger partial charge in [-0.2, -0.15) is 18.2 Å². The highest BCUT2D eigenvalue weighted by molar-refractivity contribution is 5.55. The predicted molar refractivity (Wildman–Crippen MR) is 104 cm³/mol. The maximum atomic E-state index is 13.0. The van der Waals surface area contributed by atoms with Crippen LogP contribution in [0.2, 0.25) is 0 Å². The molecule has 0 N–H and O–H groups in total. The molecule has 0 bridgehead atoms. The molecule has 1 aliphatic carbocycles. The summed E-state index contributed by atoms with van der Waals surface area (Å²) in [4.78, 5) is 4.37. The van der Waals surface area contributed by atoms with Gasteiger partial charge in [0.05, 0.1) is 5.56 Å². The monoisotopic (exact) mass is 400 g/mol. The molecule has 2 aromatic carbocycles. The first-order valence-electron chi connectivity index (χ1n) is 10.0. The van der Waals surface area contributed by atoms with Crippen LogP contribution in [0, 0.1) is 0 Å². The quantitative estimate of drug-likeness (QED) is 0.485. The fourth-order valence-corrected chi connectivity index (χ4v) is 4.36. The summed E-state index contributed by atoms with van der Waals surface area (Å²) < 4.78 is 44.2. The summed E-state index contributed by atoms with van der Waals surface area (Å²) in [6.07, 6.45) is 3.03. The first-order valence-corrected chi connectivity index (χ1v) is 10.0. The third-order valence-electron chi connectivity index (χ3n) is 5.93. The lowest BCUT2D eigenvalue weighted by Crippen LogP contribution is -2.29. The second kappa shape index (κ2) is 8.01. The molecule has 3 aromatic rings. The van der Waals surface area contributed by atoms with E-state index in [1.807, 2.05) is 6.07 Å². The molecule has 0 spiro atoms. The molecule has 1 fully saturated rings. The Kier molecular flexibility index (Phi) is 5.43. The van der Waals surface area contributed by atoms with Crippen LogP contribution < -0.4 is 0 Å². The highest BCUT2D eigenvalue weighted by Crippen LogP contribution is 2.43. The van der Waals surface area contributed by atoms with E-state index in [1.165, 1.54) is 30.9 Å². The van der Waals surface area contributed by atoms with Gasteiger partial charge in [0, 0.05) is 12.0 Å². The molecule has 1 aromatic heterocycles. The summed E-state index contributed by atoms with van der Waals surface area (Å²) in [6.45, 7) is 0. The standard InChI is InChI=1S/C23H23F3N2O/c24-23(25,26)19-11-7-8-17(16-19)21-27-20(29-28-21)12-15-22(13-5-2-6-14-22)18-9-3-1-4-10-18/h1,3-4,7-11,16H,2,5-6,12-15H2. The van der Waals surface area contributed by atoms with E-state index < -0.39 is 11.7 Å². The van der Waals surface area contributed by atoms with Gasteiger partial charge in [-0.15, -0.1) is 0 Å². The van der Waals surface area contributed by atoms with Crippen molar-refractivity contribution in [3.05, 3.63) is 71.6 Å². The Bertz CT molecular complexity index is 944. The highest BCUT2D eigenvalue weighted by Gasteiger charge is 2.34. The van der Waals surface area contributed by atoms with Crippen molar-refractivity contribution in [2.45, 2.75) is 56.5 Å². The molecule has 3 nitrogen and oxygen atoms in total. The van der Waals surface area contributed by atoms with E-state index in [9.17, 15) is 13.2 Å². The zero-order chi connectivity index (χ0) is 20.3. The topological polar surface area (TPSA) is 38.9 Å². The highest BCUT2D eigenvalue weighted by atomic mass is 19.4. The molecule has 1 heterocycles. The number of hydrogen-bond donors (Lipinski definition) is 0. The summed E-state index contributed by atoms with van der Waals surface area (Å²) in [7, 11) is 0. The fourth-order valence-electron chi connectivity index (χ4n) is 4.36. The Balaban J connectivity index is 1.52. The molecule has 152 valence electrons. The maximum absolute atomic E-state index is 13.0. The predicted octanol–water partition coefficient (Wildman–Crippen LogP) is 6.59. The number of nitrogens with zero attached hydrogens (tertiary/aromatic N) is 2. The number of aryl methyl sites for hydroxylation is 1. The Morgan fingerprint density at radius 3 is 2.41 bits per heavy atom. The van der Waals surface area contributed by atoms with Gasteiger partial charge in [-0.25, -0.2) is 0 Å². The molecule has 0 atom stereocenters. The molecule has 6 heteroatoms. The van der Waals surface area contributed by atoms with Gasteiger partial charge >= 0.3 is 6.18 Å². The fraction of sp³-hybridized carbons (Fsp3) is 0.391. The van der Waals surface area contributed by atoms with Crippen LogP contribution in [-0.4, -0.2) is 10.1 Å². The maximum Gasteiger partial charge on any atom is 0.416 e. The van der Waals surface area contributed by atoms with Crippen molar-refractivity contribution in [3.8, 4) is 11.4 Å². The van der Waals surface area contributed by atoms with Crippen molar-refractivity contribution in [1.82, 2.24) is 10.1 Å². The summed E-state index contributed by atoms with van der Waals surface area (Å²) in [5, 5.41) is 3.92. The van der Waals surface area contributed by atoms with E-state index in [0.29, 0.717) is 17.9 Å². The molecule has 0 aliphatic heterocycles. The van der Waals surface area contributed by atoms with Gasteiger partial charge in [0.2, 0.25) is 11.7 Å². The van der Waals surface area contributed by atoms with Crippen molar-refractivity contribution < 1.29 is 17.7 Å². The van der Waals surface area contributed by atoms with Crippen molar-refractivity contribution in [2.24, 2.45) is 0 Å². The Labute approximate surface area is 168 Å². The van der Waals surface area contributed by atoms with Crippen LogP contribution in [0.15, 0.2) is 59.1 Å². The number of benzene rings is 2. The number of rotatable bonds is 5. The van der Waals surface area contributed by atoms with Crippen molar-refractivity contribution >= 4 is 0 Å². The molecular weight excluding hydrogens is 377 g/mol. The molecule has 1 aliphatic rings. The van der Waals surface area contributed by atoms with Crippen LogP contribution in [0.25, 0.3) is 11.4 Å². The van der Waals surface area contributed by atoms with E-state index in [4.69, 9.17) is 4.52 Å². The lowest BCUT2D eigenvalue weighted by atomic mass is 9.67. The van der Waals surface area contributed by atoms with Crippen LogP contribution in [0.5, 0.6) is 0 Å². The van der Waals surface area contributed by atoms with Crippen LogP contribution in [0.4, 0.5) is 13.2 Å². The first kappa shape index (κ1) is 19.7. The normalized spacial score (nSPS) is 16.7. The third-order valence-corrected chi connectivity index (χ3v) is 5.93. The first-order chi connectivity index (χ1) is 14.0. The van der Waals surface area contributed by atoms with E-state index in [-0.39, 0.29) is 11.2 Å². The average molecular weight is 400 g/mol. The van der Waals surface area contributed by atoms with Crippen LogP contribution in [0.3, 0.4) is 0 Å². The van der Waals surface area contributed by atoms with Crippen LogP contribution in [0.1, 0.15) is 55.5 Å². The van der Waals surface area contributed by atoms with E-state index >= 15 is 0 Å². The van der Waals surface area contributed by atoms with Gasteiger partial charge in [0.25, 0.3) is 0 Å². The summed E-state index contributed by atoms with van der Waals surface area (Å²) in [6, 6.07) is 15.6. The van der Waals surface area contributed by atoms with Crippen LogP contribution in [-0.2, 0) is 18.0 Å². The van der Waals surface area contributed by atoms with Gasteiger partial charge in [-0.3, -0.25) is 0 Å². The largest absolute Gasteiger partial charge is 0.416 e. The second-order valence-corrected chi connectivity index (χ2v) is 7.80. The molecule has 0 amide bonds. The average Bonchev–Trinajstić information content (AvgIpc) is 3.22. The second-order valence-electron chi connectivity index (χ2n) is 7.80. The van der Waals surface area contributed by atoms with Crippen molar-refractivity contribution in [1.29, 1.82) is 0 Å². The van der Waals surface area contributed by atoms with E-state index in [0.717, 1.165) is 31.4 Å². The number of aromatic nitrogens is 2. The Morgan fingerprint density at radius 2 is 1.69 bits per heavy atom. The molecule has 0 radical (unpaired) electrons. The van der Waals surface area contributed by atoms with Crippen molar-refractivity contribution in [3.63, 3.8) is 0 Å². The van der Waals surface area contributed by atoms with Gasteiger partial charge in [0.1, 0.15) is 0 Å². The Morgan fingerprint density at radius 1 is 0.931 bits per heavy atom. The summed E-state index contributed by atoms with van der Waals surface area (Å²) in [5.74, 6) is 0.668. The number of hydrogen-bond acceptors (Lipinski definition) is 3. The zero-order valence-electron chi connectivity index (χ0n) is 16.1. The van der Waals surface area contributed by atoms with E-state index in [1.54, 1.807) is 6.07 Å².